The van der Waals surface area contributed by atoms with Gasteiger partial charge >= 0.3 is 0 Å². The zero-order chi connectivity index (χ0) is 17.0. The molecule has 23 heavy (non-hydrogen) atoms. The monoisotopic (exact) mass is 340 g/mol. The van der Waals surface area contributed by atoms with Gasteiger partial charge in [0, 0.05) is 25.0 Å². The SMILES string of the molecule is CCC(C)NC(=O)C1CCN(C(=O)c2c(F)cccc2Cl)CC1. The smallest absolute Gasteiger partial charge is 0.258 e. The average Bonchev–Trinajstić information content (AvgIpc) is 2.54. The zero-order valence-corrected chi connectivity index (χ0v) is 14.2. The minimum atomic E-state index is -0.612. The molecular formula is C17H22ClFN2O2. The first-order chi connectivity index (χ1) is 10.9. The van der Waals surface area contributed by atoms with Crippen LogP contribution in [0.2, 0.25) is 5.02 Å². The molecule has 1 aromatic rings. The molecule has 0 bridgehead atoms. The molecule has 0 aliphatic carbocycles. The van der Waals surface area contributed by atoms with Crippen LogP contribution >= 0.6 is 11.6 Å². The molecule has 126 valence electrons. The van der Waals surface area contributed by atoms with Crippen LogP contribution in [0, 0.1) is 11.7 Å². The number of piperidine rings is 1. The van der Waals surface area contributed by atoms with Crippen LogP contribution in [0.1, 0.15) is 43.5 Å². The number of halogens is 2. The molecule has 0 saturated carbocycles. The van der Waals surface area contributed by atoms with E-state index in [0.717, 1.165) is 6.42 Å². The van der Waals surface area contributed by atoms with Crippen molar-refractivity contribution in [1.29, 1.82) is 0 Å². The van der Waals surface area contributed by atoms with Crippen LogP contribution in [0.25, 0.3) is 0 Å². The van der Waals surface area contributed by atoms with Gasteiger partial charge in [-0.25, -0.2) is 4.39 Å². The lowest BCUT2D eigenvalue weighted by Crippen LogP contribution is -2.44. The maximum atomic E-state index is 13.8. The number of carbonyl (C=O) groups excluding carboxylic acids is 2. The Balaban J connectivity index is 1.96. The number of rotatable bonds is 4. The van der Waals surface area contributed by atoms with Crippen molar-refractivity contribution >= 4 is 23.4 Å². The highest BCUT2D eigenvalue weighted by Gasteiger charge is 2.30. The lowest BCUT2D eigenvalue weighted by Gasteiger charge is -2.32. The Morgan fingerprint density at radius 1 is 1.39 bits per heavy atom. The van der Waals surface area contributed by atoms with Crippen LogP contribution in [-0.2, 0) is 4.79 Å². The predicted octanol–water partition coefficient (Wildman–Crippen LogP) is 3.25. The summed E-state index contributed by atoms with van der Waals surface area (Å²) in [7, 11) is 0. The van der Waals surface area contributed by atoms with Gasteiger partial charge in [0.15, 0.2) is 0 Å². The number of hydrogen-bond donors (Lipinski definition) is 1. The normalized spacial score (nSPS) is 17.0. The Labute approximate surface area is 141 Å². The molecule has 4 nitrogen and oxygen atoms in total. The molecule has 0 spiro atoms. The largest absolute Gasteiger partial charge is 0.353 e. The maximum Gasteiger partial charge on any atom is 0.258 e. The number of benzene rings is 1. The molecule has 1 heterocycles. The molecule has 1 aromatic carbocycles. The number of carbonyl (C=O) groups is 2. The fourth-order valence-corrected chi connectivity index (χ4v) is 2.91. The first-order valence-electron chi connectivity index (χ1n) is 7.97. The van der Waals surface area contributed by atoms with Crippen molar-refractivity contribution in [2.45, 2.75) is 39.2 Å². The van der Waals surface area contributed by atoms with Crippen LogP contribution in [0.5, 0.6) is 0 Å². The molecule has 1 fully saturated rings. The van der Waals surface area contributed by atoms with Gasteiger partial charge in [0.05, 0.1) is 10.6 Å². The molecule has 1 aliphatic rings. The third kappa shape index (κ3) is 4.22. The van der Waals surface area contributed by atoms with Gasteiger partial charge in [-0.2, -0.15) is 0 Å². The lowest BCUT2D eigenvalue weighted by atomic mass is 9.95. The molecule has 1 unspecified atom stereocenters. The molecule has 1 saturated heterocycles. The van der Waals surface area contributed by atoms with Crippen LogP contribution in [0.15, 0.2) is 18.2 Å². The van der Waals surface area contributed by atoms with Crippen molar-refractivity contribution in [1.82, 2.24) is 10.2 Å². The molecule has 0 aromatic heterocycles. The minimum Gasteiger partial charge on any atom is -0.353 e. The van der Waals surface area contributed by atoms with Gasteiger partial charge in [-0.15, -0.1) is 0 Å². The highest BCUT2D eigenvalue weighted by atomic mass is 35.5. The summed E-state index contributed by atoms with van der Waals surface area (Å²) in [6.45, 7) is 4.85. The van der Waals surface area contributed by atoms with Crippen molar-refractivity contribution in [2.75, 3.05) is 13.1 Å². The Morgan fingerprint density at radius 2 is 2.04 bits per heavy atom. The molecule has 6 heteroatoms. The van der Waals surface area contributed by atoms with Crippen LogP contribution in [-0.4, -0.2) is 35.8 Å². The summed E-state index contributed by atoms with van der Waals surface area (Å²) in [4.78, 5) is 26.1. The van der Waals surface area contributed by atoms with Crippen molar-refractivity contribution in [3.63, 3.8) is 0 Å². The second kappa shape index (κ2) is 7.77. The standard InChI is InChI=1S/C17H22ClFN2O2/c1-3-11(2)20-16(22)12-7-9-21(10-8-12)17(23)15-13(18)5-4-6-14(15)19/h4-6,11-12H,3,7-10H2,1-2H3,(H,20,22). The molecule has 1 atom stereocenters. The van der Waals surface area contributed by atoms with Crippen LogP contribution in [0.4, 0.5) is 4.39 Å². The summed E-state index contributed by atoms with van der Waals surface area (Å²) in [6.07, 6.45) is 2.05. The van der Waals surface area contributed by atoms with E-state index in [2.05, 4.69) is 5.32 Å². The maximum absolute atomic E-state index is 13.8. The van der Waals surface area contributed by atoms with Gasteiger partial charge in [-0.3, -0.25) is 9.59 Å². The number of likely N-dealkylation sites (tertiary alicyclic amines) is 1. The fourth-order valence-electron chi connectivity index (χ4n) is 2.67. The van der Waals surface area contributed by atoms with E-state index in [1.165, 1.54) is 18.2 Å². The third-order valence-electron chi connectivity index (χ3n) is 4.33. The number of nitrogens with one attached hydrogen (secondary N) is 1. The Kier molecular flexibility index (Phi) is 5.99. The summed E-state index contributed by atoms with van der Waals surface area (Å²) < 4.78 is 13.8. The van der Waals surface area contributed by atoms with E-state index in [1.54, 1.807) is 4.90 Å². The highest BCUT2D eigenvalue weighted by Crippen LogP contribution is 2.24. The number of hydrogen-bond acceptors (Lipinski definition) is 2. The quantitative estimate of drug-likeness (QED) is 0.914. The van der Waals surface area contributed by atoms with Gasteiger partial charge in [-0.05, 0) is 38.3 Å². The predicted molar refractivity (Wildman–Crippen MR) is 87.9 cm³/mol. The van der Waals surface area contributed by atoms with Crippen molar-refractivity contribution in [3.8, 4) is 0 Å². The van der Waals surface area contributed by atoms with Crippen LogP contribution in [0.3, 0.4) is 0 Å². The minimum absolute atomic E-state index is 0.0374. The fraction of sp³-hybridized carbons (Fsp3) is 0.529. The van der Waals surface area contributed by atoms with Crippen molar-refractivity contribution in [2.24, 2.45) is 5.92 Å². The Morgan fingerprint density at radius 3 is 2.61 bits per heavy atom. The number of nitrogens with zero attached hydrogens (tertiary/aromatic N) is 1. The van der Waals surface area contributed by atoms with E-state index in [1.807, 2.05) is 13.8 Å². The van der Waals surface area contributed by atoms with Gasteiger partial charge in [0.2, 0.25) is 5.91 Å². The van der Waals surface area contributed by atoms with E-state index in [0.29, 0.717) is 25.9 Å². The molecular weight excluding hydrogens is 319 g/mol. The van der Waals surface area contributed by atoms with E-state index in [-0.39, 0.29) is 28.5 Å². The second-order valence-corrected chi connectivity index (χ2v) is 6.39. The molecule has 2 amide bonds. The van der Waals surface area contributed by atoms with Crippen LogP contribution < -0.4 is 5.32 Å². The first-order valence-corrected chi connectivity index (χ1v) is 8.35. The average molecular weight is 341 g/mol. The van der Waals surface area contributed by atoms with E-state index < -0.39 is 11.7 Å². The molecule has 1 aliphatic heterocycles. The topological polar surface area (TPSA) is 49.4 Å². The van der Waals surface area contributed by atoms with E-state index >= 15 is 0 Å². The number of amides is 2. The Hall–Kier alpha value is -1.62. The van der Waals surface area contributed by atoms with Gasteiger partial charge in [0.25, 0.3) is 5.91 Å². The van der Waals surface area contributed by atoms with E-state index in [9.17, 15) is 14.0 Å². The summed E-state index contributed by atoms with van der Waals surface area (Å²) in [5.74, 6) is -1.08. The highest BCUT2D eigenvalue weighted by molar-refractivity contribution is 6.33. The lowest BCUT2D eigenvalue weighted by molar-refractivity contribution is -0.126. The summed E-state index contributed by atoms with van der Waals surface area (Å²) in [5.41, 5.74) is -0.0864. The molecule has 0 radical (unpaired) electrons. The third-order valence-corrected chi connectivity index (χ3v) is 4.65. The zero-order valence-electron chi connectivity index (χ0n) is 13.4. The summed E-state index contributed by atoms with van der Waals surface area (Å²) in [6, 6.07) is 4.36. The first kappa shape index (κ1) is 17.7. The Bertz CT molecular complexity index is 566. The molecule has 1 N–H and O–H groups in total. The molecule has 2 rings (SSSR count). The van der Waals surface area contributed by atoms with Crippen molar-refractivity contribution in [3.05, 3.63) is 34.6 Å². The van der Waals surface area contributed by atoms with Gasteiger partial charge in [0.1, 0.15) is 5.82 Å². The second-order valence-electron chi connectivity index (χ2n) is 5.98. The van der Waals surface area contributed by atoms with Crippen molar-refractivity contribution < 1.29 is 14.0 Å². The van der Waals surface area contributed by atoms with Gasteiger partial charge in [-0.1, -0.05) is 24.6 Å². The van der Waals surface area contributed by atoms with E-state index in [4.69, 9.17) is 11.6 Å². The summed E-state index contributed by atoms with van der Waals surface area (Å²) in [5, 5.41) is 3.09. The summed E-state index contributed by atoms with van der Waals surface area (Å²) >= 11 is 5.94. The van der Waals surface area contributed by atoms with Gasteiger partial charge < -0.3 is 10.2 Å².